The van der Waals surface area contributed by atoms with Gasteiger partial charge in [0.1, 0.15) is 6.10 Å². The highest BCUT2D eigenvalue weighted by Crippen LogP contribution is 2.22. The van der Waals surface area contributed by atoms with Crippen molar-refractivity contribution in [2.24, 2.45) is 4.99 Å². The number of aromatic nitrogens is 2. The maximum atomic E-state index is 5.98. The van der Waals surface area contributed by atoms with Crippen LogP contribution in [0.5, 0.6) is 5.88 Å². The second-order valence-corrected chi connectivity index (χ2v) is 6.81. The molecule has 6 nitrogen and oxygen atoms in total. The molecule has 1 saturated carbocycles. The Hall–Kier alpha value is -1.90. The molecule has 1 aliphatic carbocycles. The van der Waals surface area contributed by atoms with Crippen LogP contribution in [-0.2, 0) is 13.0 Å². The predicted molar refractivity (Wildman–Crippen MR) is 123 cm³/mol. The first-order chi connectivity index (χ1) is 13.3. The van der Waals surface area contributed by atoms with E-state index in [1.54, 1.807) is 7.05 Å². The van der Waals surface area contributed by atoms with Crippen LogP contribution in [0.3, 0.4) is 0 Å². The van der Waals surface area contributed by atoms with Gasteiger partial charge in [0.25, 0.3) is 0 Å². The summed E-state index contributed by atoms with van der Waals surface area (Å²) in [6, 6.07) is 9.98. The summed E-state index contributed by atoms with van der Waals surface area (Å²) >= 11 is 0. The van der Waals surface area contributed by atoms with Crippen LogP contribution in [0.4, 0.5) is 0 Å². The van der Waals surface area contributed by atoms with Crippen molar-refractivity contribution < 1.29 is 4.74 Å². The van der Waals surface area contributed by atoms with Gasteiger partial charge in [0.05, 0.1) is 0 Å². The molecule has 0 spiro atoms. The van der Waals surface area contributed by atoms with Gasteiger partial charge in [0.2, 0.25) is 5.88 Å². The zero-order chi connectivity index (χ0) is 18.7. The molecule has 0 radical (unpaired) electrons. The molecule has 2 heterocycles. The van der Waals surface area contributed by atoms with Crippen molar-refractivity contribution in [1.29, 1.82) is 0 Å². The third kappa shape index (κ3) is 7.61. The van der Waals surface area contributed by atoms with E-state index in [1.807, 2.05) is 36.7 Å². The van der Waals surface area contributed by atoms with E-state index in [0.717, 1.165) is 48.9 Å². The molecular formula is C21H30IN5O. The van der Waals surface area contributed by atoms with Gasteiger partial charge in [0, 0.05) is 50.7 Å². The van der Waals surface area contributed by atoms with Crippen LogP contribution in [0.25, 0.3) is 0 Å². The van der Waals surface area contributed by atoms with Gasteiger partial charge in [-0.2, -0.15) is 0 Å². The average molecular weight is 495 g/mol. The smallest absolute Gasteiger partial charge is 0.213 e. The van der Waals surface area contributed by atoms with Crippen molar-refractivity contribution in [2.45, 2.75) is 51.2 Å². The van der Waals surface area contributed by atoms with E-state index >= 15 is 0 Å². The maximum absolute atomic E-state index is 5.98. The topological polar surface area (TPSA) is 71.4 Å². The molecule has 2 N–H and O–H groups in total. The summed E-state index contributed by atoms with van der Waals surface area (Å²) in [5.41, 5.74) is 2.16. The monoisotopic (exact) mass is 495 g/mol. The lowest BCUT2D eigenvalue weighted by atomic mass is 9.98. The fourth-order valence-corrected chi connectivity index (χ4v) is 3.20. The summed E-state index contributed by atoms with van der Waals surface area (Å²) in [6.45, 7) is 1.45. The minimum atomic E-state index is 0. The number of nitrogens with zero attached hydrogens (tertiary/aromatic N) is 3. The number of guanidine groups is 1. The second-order valence-electron chi connectivity index (χ2n) is 6.81. The van der Waals surface area contributed by atoms with Crippen molar-refractivity contribution in [3.63, 3.8) is 0 Å². The van der Waals surface area contributed by atoms with Gasteiger partial charge in [-0.3, -0.25) is 9.98 Å². The van der Waals surface area contributed by atoms with Crippen molar-refractivity contribution in [2.75, 3.05) is 13.6 Å². The largest absolute Gasteiger partial charge is 0.474 e. The van der Waals surface area contributed by atoms with Crippen molar-refractivity contribution in [1.82, 2.24) is 20.6 Å². The van der Waals surface area contributed by atoms with Gasteiger partial charge < -0.3 is 15.4 Å². The number of rotatable bonds is 7. The Morgan fingerprint density at radius 3 is 2.64 bits per heavy atom. The van der Waals surface area contributed by atoms with Crippen LogP contribution in [-0.4, -0.2) is 35.6 Å². The quantitative estimate of drug-likeness (QED) is 0.348. The van der Waals surface area contributed by atoms with Crippen LogP contribution in [0.1, 0.15) is 43.4 Å². The molecule has 0 aliphatic heterocycles. The summed E-state index contributed by atoms with van der Waals surface area (Å²) in [5.74, 6) is 1.50. The van der Waals surface area contributed by atoms with E-state index < -0.39 is 0 Å². The highest BCUT2D eigenvalue weighted by molar-refractivity contribution is 14.0. The van der Waals surface area contributed by atoms with E-state index in [9.17, 15) is 0 Å². The average Bonchev–Trinajstić information content (AvgIpc) is 2.73. The van der Waals surface area contributed by atoms with Crippen LogP contribution < -0.4 is 15.4 Å². The minimum Gasteiger partial charge on any atom is -0.474 e. The predicted octanol–water partition coefficient (Wildman–Crippen LogP) is 3.71. The third-order valence-electron chi connectivity index (χ3n) is 4.72. The van der Waals surface area contributed by atoms with Gasteiger partial charge in [-0.15, -0.1) is 24.0 Å². The van der Waals surface area contributed by atoms with Crippen LogP contribution in [0.15, 0.2) is 47.7 Å². The molecule has 1 fully saturated rings. The Bertz CT molecular complexity index is 702. The molecule has 7 heteroatoms. The summed E-state index contributed by atoms with van der Waals surface area (Å²) < 4.78 is 5.98. The molecule has 0 aromatic carbocycles. The van der Waals surface area contributed by atoms with E-state index in [4.69, 9.17) is 4.74 Å². The zero-order valence-corrected chi connectivity index (χ0v) is 18.8. The number of hydrogen-bond acceptors (Lipinski definition) is 4. The standard InChI is InChI=1S/C21H29N5O.HI/c1-22-21(24-14-12-18-7-5-6-13-23-18)26-16-17-10-11-20(25-15-17)27-19-8-3-2-4-9-19;/h5-7,10-11,13,15,19H,2-4,8-9,12,14,16H2,1H3,(H2,22,24,26);1H. The van der Waals surface area contributed by atoms with Gasteiger partial charge in [-0.1, -0.05) is 18.6 Å². The fraction of sp³-hybridized carbons (Fsp3) is 0.476. The molecule has 0 atom stereocenters. The molecule has 0 unspecified atom stereocenters. The molecule has 0 bridgehead atoms. The van der Waals surface area contributed by atoms with Crippen LogP contribution in [0, 0.1) is 0 Å². The lowest BCUT2D eigenvalue weighted by Crippen LogP contribution is -2.37. The van der Waals surface area contributed by atoms with Gasteiger partial charge in [-0.25, -0.2) is 4.98 Å². The van der Waals surface area contributed by atoms with Crippen molar-refractivity contribution in [3.05, 3.63) is 54.0 Å². The number of pyridine rings is 2. The van der Waals surface area contributed by atoms with Crippen molar-refractivity contribution >= 4 is 29.9 Å². The Balaban J connectivity index is 0.00000280. The summed E-state index contributed by atoms with van der Waals surface area (Å²) in [7, 11) is 1.77. The fourth-order valence-electron chi connectivity index (χ4n) is 3.20. The Morgan fingerprint density at radius 2 is 1.96 bits per heavy atom. The van der Waals surface area contributed by atoms with E-state index in [0.29, 0.717) is 12.6 Å². The molecule has 2 aromatic heterocycles. The molecular weight excluding hydrogens is 465 g/mol. The molecule has 28 heavy (non-hydrogen) atoms. The molecule has 3 rings (SSSR count). The number of ether oxygens (including phenoxy) is 1. The summed E-state index contributed by atoms with van der Waals surface area (Å²) in [5, 5.41) is 6.62. The highest BCUT2D eigenvalue weighted by atomic mass is 127. The summed E-state index contributed by atoms with van der Waals surface area (Å²) in [6.07, 6.45) is 11.0. The summed E-state index contributed by atoms with van der Waals surface area (Å²) in [4.78, 5) is 13.0. The molecule has 2 aromatic rings. The molecule has 0 amide bonds. The van der Waals surface area contributed by atoms with Crippen LogP contribution in [0.2, 0.25) is 0 Å². The molecule has 1 aliphatic rings. The molecule has 152 valence electrons. The Morgan fingerprint density at radius 1 is 1.11 bits per heavy atom. The minimum absolute atomic E-state index is 0. The molecule has 0 saturated heterocycles. The normalized spacial score (nSPS) is 14.8. The number of nitrogens with one attached hydrogen (secondary N) is 2. The van der Waals surface area contributed by atoms with Gasteiger partial charge >= 0.3 is 0 Å². The lowest BCUT2D eigenvalue weighted by Gasteiger charge is -2.22. The number of halogens is 1. The van der Waals surface area contributed by atoms with E-state index in [1.165, 1.54) is 19.3 Å². The van der Waals surface area contributed by atoms with Gasteiger partial charge in [-0.05, 0) is 43.4 Å². The highest BCUT2D eigenvalue weighted by Gasteiger charge is 2.15. The Kier molecular flexibility index (Phi) is 10.0. The van der Waals surface area contributed by atoms with Gasteiger partial charge in [0.15, 0.2) is 5.96 Å². The van der Waals surface area contributed by atoms with Crippen LogP contribution >= 0.6 is 24.0 Å². The SMILES string of the molecule is CN=C(NCCc1ccccn1)NCc1ccc(OC2CCCCC2)nc1.I. The Labute approximate surface area is 184 Å². The maximum Gasteiger partial charge on any atom is 0.213 e. The number of hydrogen-bond donors (Lipinski definition) is 2. The lowest BCUT2D eigenvalue weighted by molar-refractivity contribution is 0.148. The number of aliphatic imine (C=N–C) groups is 1. The first kappa shape index (κ1) is 22.4. The van der Waals surface area contributed by atoms with E-state index in [-0.39, 0.29) is 24.0 Å². The van der Waals surface area contributed by atoms with E-state index in [2.05, 4.69) is 31.7 Å². The first-order valence-electron chi connectivity index (χ1n) is 9.79. The third-order valence-corrected chi connectivity index (χ3v) is 4.72. The first-order valence-corrected chi connectivity index (χ1v) is 9.79. The second kappa shape index (κ2) is 12.5. The van der Waals surface area contributed by atoms with Crippen molar-refractivity contribution in [3.8, 4) is 5.88 Å². The zero-order valence-electron chi connectivity index (χ0n) is 16.4.